The molecule has 1 aromatic heterocycles. The van der Waals surface area contributed by atoms with Gasteiger partial charge in [-0.25, -0.2) is 4.79 Å². The van der Waals surface area contributed by atoms with Crippen LogP contribution in [0.5, 0.6) is 5.75 Å². The molecule has 6 heteroatoms. The number of aromatic carboxylic acids is 1. The molecule has 2 atom stereocenters. The van der Waals surface area contributed by atoms with E-state index in [1.807, 2.05) is 24.7 Å². The molecule has 124 valence electrons. The molecule has 1 N–H and O–H groups in total. The lowest BCUT2D eigenvalue weighted by molar-refractivity contribution is -0.00351. The maximum Gasteiger partial charge on any atom is 0.339 e. The zero-order valence-electron chi connectivity index (χ0n) is 13.7. The summed E-state index contributed by atoms with van der Waals surface area (Å²) in [4.78, 5) is 11.5. The van der Waals surface area contributed by atoms with Crippen LogP contribution in [0.15, 0.2) is 18.3 Å². The van der Waals surface area contributed by atoms with Gasteiger partial charge < -0.3 is 14.6 Å². The summed E-state index contributed by atoms with van der Waals surface area (Å²) in [5, 5.41) is 14.8. The SMILES string of the molecule is CC(C)Oc1cc2nn(C3CCC(C)OC3)cc2cc1C(=O)O. The molecule has 0 bridgehead atoms. The molecule has 0 amide bonds. The first-order chi connectivity index (χ1) is 10.9. The molecular formula is C17H22N2O4. The molecule has 2 unspecified atom stereocenters. The number of aromatic nitrogens is 2. The Labute approximate surface area is 135 Å². The molecule has 0 radical (unpaired) electrons. The number of hydrogen-bond acceptors (Lipinski definition) is 4. The third-order valence-corrected chi connectivity index (χ3v) is 4.07. The van der Waals surface area contributed by atoms with Gasteiger partial charge in [0.15, 0.2) is 0 Å². The van der Waals surface area contributed by atoms with E-state index in [1.165, 1.54) is 0 Å². The first kappa shape index (κ1) is 15.8. The molecule has 2 heterocycles. The molecule has 1 fully saturated rings. The van der Waals surface area contributed by atoms with Gasteiger partial charge in [0.05, 0.1) is 30.4 Å². The third kappa shape index (κ3) is 3.32. The van der Waals surface area contributed by atoms with E-state index in [-0.39, 0.29) is 17.7 Å². The van der Waals surface area contributed by atoms with E-state index in [9.17, 15) is 9.90 Å². The van der Waals surface area contributed by atoms with E-state index in [0.29, 0.717) is 18.5 Å². The third-order valence-electron chi connectivity index (χ3n) is 4.07. The monoisotopic (exact) mass is 318 g/mol. The Kier molecular flexibility index (Phi) is 4.26. The highest BCUT2D eigenvalue weighted by molar-refractivity contribution is 5.96. The van der Waals surface area contributed by atoms with Crippen molar-refractivity contribution in [2.75, 3.05) is 6.61 Å². The molecule has 0 saturated carbocycles. The molecule has 0 spiro atoms. The number of carbonyl (C=O) groups is 1. The van der Waals surface area contributed by atoms with Crippen molar-refractivity contribution in [3.63, 3.8) is 0 Å². The van der Waals surface area contributed by atoms with E-state index >= 15 is 0 Å². The normalized spacial score (nSPS) is 21.7. The zero-order valence-corrected chi connectivity index (χ0v) is 13.7. The molecular weight excluding hydrogens is 296 g/mol. The predicted octanol–water partition coefficient (Wildman–Crippen LogP) is 3.26. The lowest BCUT2D eigenvalue weighted by Gasteiger charge is -2.26. The number of hydrogen-bond donors (Lipinski definition) is 1. The fraction of sp³-hybridized carbons (Fsp3) is 0.529. The minimum Gasteiger partial charge on any atom is -0.490 e. The van der Waals surface area contributed by atoms with Crippen LogP contribution in [-0.4, -0.2) is 39.7 Å². The van der Waals surface area contributed by atoms with Gasteiger partial charge >= 0.3 is 5.97 Å². The molecule has 1 saturated heterocycles. The van der Waals surface area contributed by atoms with Crippen molar-refractivity contribution in [2.24, 2.45) is 0 Å². The van der Waals surface area contributed by atoms with E-state index < -0.39 is 5.97 Å². The van der Waals surface area contributed by atoms with Gasteiger partial charge in [-0.1, -0.05) is 0 Å². The van der Waals surface area contributed by atoms with Gasteiger partial charge in [0.25, 0.3) is 0 Å². The largest absolute Gasteiger partial charge is 0.490 e. The maximum absolute atomic E-state index is 11.5. The average molecular weight is 318 g/mol. The molecule has 0 aliphatic carbocycles. The van der Waals surface area contributed by atoms with Crippen molar-refractivity contribution in [1.29, 1.82) is 0 Å². The fourth-order valence-corrected chi connectivity index (χ4v) is 2.85. The molecule has 1 aromatic carbocycles. The fourth-order valence-electron chi connectivity index (χ4n) is 2.85. The predicted molar refractivity (Wildman–Crippen MR) is 86.1 cm³/mol. The number of benzene rings is 1. The molecule has 6 nitrogen and oxygen atoms in total. The van der Waals surface area contributed by atoms with Gasteiger partial charge in [-0.3, -0.25) is 4.68 Å². The van der Waals surface area contributed by atoms with Gasteiger partial charge in [-0.2, -0.15) is 5.10 Å². The van der Waals surface area contributed by atoms with Crippen molar-refractivity contribution >= 4 is 16.9 Å². The van der Waals surface area contributed by atoms with Crippen LogP contribution in [0.3, 0.4) is 0 Å². The van der Waals surface area contributed by atoms with Crippen LogP contribution < -0.4 is 4.74 Å². The topological polar surface area (TPSA) is 73.6 Å². The minimum atomic E-state index is -0.995. The molecule has 2 aromatic rings. The van der Waals surface area contributed by atoms with E-state index in [0.717, 1.165) is 23.7 Å². The zero-order chi connectivity index (χ0) is 16.6. The second-order valence-corrected chi connectivity index (χ2v) is 6.36. The Hall–Kier alpha value is -2.08. The summed E-state index contributed by atoms with van der Waals surface area (Å²) in [6.45, 7) is 6.45. The maximum atomic E-state index is 11.5. The highest BCUT2D eigenvalue weighted by Gasteiger charge is 2.22. The van der Waals surface area contributed by atoms with Crippen molar-refractivity contribution in [2.45, 2.75) is 51.9 Å². The quantitative estimate of drug-likeness (QED) is 0.936. The summed E-state index contributed by atoms with van der Waals surface area (Å²) >= 11 is 0. The van der Waals surface area contributed by atoms with Crippen LogP contribution in [0.4, 0.5) is 0 Å². The Balaban J connectivity index is 1.97. The number of carboxylic acid groups (broad SMARTS) is 1. The standard InChI is InChI=1S/C17H22N2O4/c1-10(2)23-16-7-15-12(6-14(16)17(20)21)8-19(18-15)13-5-4-11(3)22-9-13/h6-8,10-11,13H,4-5,9H2,1-3H3,(H,20,21). The van der Waals surface area contributed by atoms with Crippen molar-refractivity contribution in [1.82, 2.24) is 9.78 Å². The lowest BCUT2D eigenvalue weighted by atomic mass is 10.1. The van der Waals surface area contributed by atoms with Crippen molar-refractivity contribution < 1.29 is 19.4 Å². The number of fused-ring (bicyclic) bond motifs is 1. The summed E-state index contributed by atoms with van der Waals surface area (Å²) in [5.74, 6) is -0.635. The molecule has 1 aliphatic rings. The molecule has 3 rings (SSSR count). The van der Waals surface area contributed by atoms with Gasteiger partial charge in [-0.05, 0) is 39.7 Å². The first-order valence-electron chi connectivity index (χ1n) is 7.98. The van der Waals surface area contributed by atoms with E-state index in [4.69, 9.17) is 9.47 Å². The number of rotatable bonds is 4. The van der Waals surface area contributed by atoms with E-state index in [2.05, 4.69) is 12.0 Å². The number of ether oxygens (including phenoxy) is 2. The minimum absolute atomic E-state index is 0.0964. The highest BCUT2D eigenvalue weighted by Crippen LogP contribution is 2.29. The number of carboxylic acids is 1. The summed E-state index contributed by atoms with van der Waals surface area (Å²) in [6.07, 6.45) is 4.10. The summed E-state index contributed by atoms with van der Waals surface area (Å²) < 4.78 is 13.2. The molecule has 23 heavy (non-hydrogen) atoms. The van der Waals surface area contributed by atoms with Crippen molar-refractivity contribution in [3.8, 4) is 5.75 Å². The van der Waals surface area contributed by atoms with Crippen LogP contribution in [0.25, 0.3) is 10.9 Å². The van der Waals surface area contributed by atoms with Crippen LogP contribution >= 0.6 is 0 Å². The summed E-state index contributed by atoms with van der Waals surface area (Å²) in [7, 11) is 0. The van der Waals surface area contributed by atoms with Crippen LogP contribution in [-0.2, 0) is 4.74 Å². The smallest absolute Gasteiger partial charge is 0.339 e. The Morgan fingerprint density at radius 3 is 2.83 bits per heavy atom. The highest BCUT2D eigenvalue weighted by atomic mass is 16.5. The van der Waals surface area contributed by atoms with E-state index in [1.54, 1.807) is 12.1 Å². The van der Waals surface area contributed by atoms with Crippen LogP contribution in [0.2, 0.25) is 0 Å². The lowest BCUT2D eigenvalue weighted by Crippen LogP contribution is -2.26. The van der Waals surface area contributed by atoms with Gasteiger partial charge in [0.1, 0.15) is 11.3 Å². The Morgan fingerprint density at radius 2 is 2.22 bits per heavy atom. The average Bonchev–Trinajstić information content (AvgIpc) is 2.89. The number of nitrogens with zero attached hydrogens (tertiary/aromatic N) is 2. The summed E-state index contributed by atoms with van der Waals surface area (Å²) in [6, 6.07) is 3.54. The second-order valence-electron chi connectivity index (χ2n) is 6.36. The first-order valence-corrected chi connectivity index (χ1v) is 7.98. The Morgan fingerprint density at radius 1 is 1.43 bits per heavy atom. The summed E-state index contributed by atoms with van der Waals surface area (Å²) in [5.41, 5.74) is 0.906. The Bertz CT molecular complexity index is 715. The second kappa shape index (κ2) is 6.20. The van der Waals surface area contributed by atoms with Gasteiger partial charge in [-0.15, -0.1) is 0 Å². The van der Waals surface area contributed by atoms with Crippen LogP contribution in [0.1, 0.15) is 50.0 Å². The van der Waals surface area contributed by atoms with Gasteiger partial charge in [0, 0.05) is 17.6 Å². The van der Waals surface area contributed by atoms with Crippen LogP contribution in [0, 0.1) is 0 Å². The van der Waals surface area contributed by atoms with Crippen molar-refractivity contribution in [3.05, 3.63) is 23.9 Å². The van der Waals surface area contributed by atoms with Gasteiger partial charge in [0.2, 0.25) is 0 Å². The molecule has 1 aliphatic heterocycles.